The standard InChI is InChI=1S/C18H14BrF5N2O6S/c19-8-1-2-13(27)14(3-8)33(30,31)26-12-5-10(32-18(22,23)24)4-11(15(12)28)16(29)25-9-6-17(20,21)7-9/h1-5,9,26-28H,6-7H2,(H,25,29). The highest BCUT2D eigenvalue weighted by atomic mass is 79.9. The molecular weight excluding hydrogens is 547 g/mol. The number of anilines is 1. The van der Waals surface area contributed by atoms with Crippen LogP contribution < -0.4 is 14.8 Å². The number of nitrogens with one attached hydrogen (secondary N) is 2. The monoisotopic (exact) mass is 560 g/mol. The van der Waals surface area contributed by atoms with Crippen LogP contribution in [0.3, 0.4) is 0 Å². The lowest BCUT2D eigenvalue weighted by atomic mass is 9.88. The lowest BCUT2D eigenvalue weighted by molar-refractivity contribution is -0.274. The largest absolute Gasteiger partial charge is 0.573 e. The Hall–Kier alpha value is -2.81. The number of rotatable bonds is 6. The lowest BCUT2D eigenvalue weighted by Gasteiger charge is -2.35. The van der Waals surface area contributed by atoms with Gasteiger partial charge in [-0.2, -0.15) is 0 Å². The lowest BCUT2D eigenvalue weighted by Crippen LogP contribution is -2.50. The number of alkyl halides is 5. The Morgan fingerprint density at radius 1 is 1.15 bits per heavy atom. The summed E-state index contributed by atoms with van der Waals surface area (Å²) < 4.78 is 95.2. The molecule has 4 N–H and O–H groups in total. The highest BCUT2D eigenvalue weighted by Crippen LogP contribution is 2.40. The molecule has 0 radical (unpaired) electrons. The summed E-state index contributed by atoms with van der Waals surface area (Å²) in [5.74, 6) is -7.11. The first-order chi connectivity index (χ1) is 15.1. The Balaban J connectivity index is 1.99. The van der Waals surface area contributed by atoms with E-state index in [9.17, 15) is 45.4 Å². The van der Waals surface area contributed by atoms with E-state index in [1.54, 1.807) is 4.72 Å². The molecule has 1 amide bonds. The highest BCUT2D eigenvalue weighted by molar-refractivity contribution is 9.10. The number of carbonyl (C=O) groups excluding carboxylic acids is 1. The second kappa shape index (κ2) is 8.52. The first-order valence-electron chi connectivity index (χ1n) is 8.89. The second-order valence-electron chi connectivity index (χ2n) is 7.07. The smallest absolute Gasteiger partial charge is 0.507 e. The average Bonchev–Trinajstić information content (AvgIpc) is 2.63. The number of benzene rings is 2. The van der Waals surface area contributed by atoms with Gasteiger partial charge >= 0.3 is 6.36 Å². The van der Waals surface area contributed by atoms with Crippen molar-refractivity contribution in [3.63, 3.8) is 0 Å². The number of phenols is 2. The molecular formula is C18H14BrF5N2O6S. The third kappa shape index (κ3) is 5.96. The summed E-state index contributed by atoms with van der Waals surface area (Å²) in [6.45, 7) is 0. The van der Waals surface area contributed by atoms with Crippen LogP contribution >= 0.6 is 15.9 Å². The van der Waals surface area contributed by atoms with Gasteiger partial charge in [0, 0.05) is 29.4 Å². The minimum atomic E-state index is -5.24. The van der Waals surface area contributed by atoms with Crippen LogP contribution in [-0.2, 0) is 10.0 Å². The maximum Gasteiger partial charge on any atom is 0.573 e. The zero-order chi connectivity index (χ0) is 24.8. The van der Waals surface area contributed by atoms with Gasteiger partial charge in [-0.15, -0.1) is 13.2 Å². The molecule has 2 aromatic rings. The number of amides is 1. The maximum atomic E-state index is 13.0. The van der Waals surface area contributed by atoms with Crippen molar-refractivity contribution in [2.24, 2.45) is 0 Å². The van der Waals surface area contributed by atoms with Crippen LogP contribution in [0.1, 0.15) is 23.2 Å². The number of hydrogen-bond donors (Lipinski definition) is 4. The maximum absolute atomic E-state index is 13.0. The number of sulfonamides is 1. The van der Waals surface area contributed by atoms with Gasteiger partial charge < -0.3 is 20.3 Å². The van der Waals surface area contributed by atoms with Crippen LogP contribution in [0.15, 0.2) is 39.7 Å². The van der Waals surface area contributed by atoms with Crippen molar-refractivity contribution < 1.29 is 50.1 Å². The van der Waals surface area contributed by atoms with Crippen LogP contribution in [0.2, 0.25) is 0 Å². The van der Waals surface area contributed by atoms with Crippen LogP contribution in [0.25, 0.3) is 0 Å². The predicted molar refractivity (Wildman–Crippen MR) is 107 cm³/mol. The Labute approximate surface area is 191 Å². The molecule has 3 rings (SSSR count). The zero-order valence-corrected chi connectivity index (χ0v) is 18.5. The average molecular weight is 561 g/mol. The van der Waals surface area contributed by atoms with E-state index in [0.717, 1.165) is 12.1 Å². The van der Waals surface area contributed by atoms with E-state index in [2.05, 4.69) is 26.0 Å². The van der Waals surface area contributed by atoms with E-state index in [4.69, 9.17) is 0 Å². The molecule has 0 unspecified atom stereocenters. The van der Waals surface area contributed by atoms with Gasteiger partial charge in [0.1, 0.15) is 16.4 Å². The van der Waals surface area contributed by atoms with Crippen molar-refractivity contribution >= 4 is 37.5 Å². The first kappa shape index (κ1) is 24.8. The number of phenolic OH excluding ortho intramolecular Hbond substituents is 2. The van der Waals surface area contributed by atoms with Gasteiger partial charge in [0.25, 0.3) is 21.9 Å². The zero-order valence-electron chi connectivity index (χ0n) is 16.1. The fourth-order valence-electron chi connectivity index (χ4n) is 2.98. The van der Waals surface area contributed by atoms with Crippen molar-refractivity contribution in [2.75, 3.05) is 4.72 Å². The molecule has 0 bridgehead atoms. The van der Waals surface area contributed by atoms with Gasteiger partial charge in [-0.05, 0) is 24.3 Å². The predicted octanol–water partition coefficient (Wildman–Crippen LogP) is 4.09. The van der Waals surface area contributed by atoms with Crippen molar-refractivity contribution in [3.8, 4) is 17.2 Å². The van der Waals surface area contributed by atoms with Gasteiger partial charge in [-0.3, -0.25) is 9.52 Å². The third-order valence-corrected chi connectivity index (χ3v) is 6.33. The van der Waals surface area contributed by atoms with Crippen molar-refractivity contribution in [3.05, 3.63) is 40.4 Å². The minimum absolute atomic E-state index is 0.233. The van der Waals surface area contributed by atoms with Crippen LogP contribution in [-0.4, -0.2) is 42.9 Å². The molecule has 0 saturated heterocycles. The third-order valence-electron chi connectivity index (χ3n) is 4.44. The molecule has 0 heterocycles. The Bertz CT molecular complexity index is 1200. The van der Waals surface area contributed by atoms with E-state index in [1.165, 1.54) is 6.07 Å². The number of carbonyl (C=O) groups is 1. The Morgan fingerprint density at radius 3 is 2.36 bits per heavy atom. The number of aromatic hydroxyl groups is 2. The van der Waals surface area contributed by atoms with Crippen molar-refractivity contribution in [2.45, 2.75) is 36.1 Å². The molecule has 33 heavy (non-hydrogen) atoms. The summed E-state index contributed by atoms with van der Waals surface area (Å²) in [6.07, 6.45) is -6.65. The molecule has 2 aromatic carbocycles. The summed E-state index contributed by atoms with van der Waals surface area (Å²) >= 11 is 3.00. The van der Waals surface area contributed by atoms with Crippen molar-refractivity contribution in [1.82, 2.24) is 5.32 Å². The van der Waals surface area contributed by atoms with Crippen molar-refractivity contribution in [1.29, 1.82) is 0 Å². The Kier molecular flexibility index (Phi) is 6.41. The fourth-order valence-corrected chi connectivity index (χ4v) is 4.67. The number of hydrogen-bond acceptors (Lipinski definition) is 6. The molecule has 180 valence electrons. The van der Waals surface area contributed by atoms with Gasteiger partial charge in [0.15, 0.2) is 5.75 Å². The molecule has 1 saturated carbocycles. The van der Waals surface area contributed by atoms with Crippen LogP contribution in [0, 0.1) is 0 Å². The van der Waals surface area contributed by atoms with Gasteiger partial charge in [0.05, 0.1) is 11.3 Å². The topological polar surface area (TPSA) is 125 Å². The van der Waals surface area contributed by atoms with Crippen LogP contribution in [0.5, 0.6) is 17.2 Å². The SMILES string of the molecule is O=C(NC1CC(F)(F)C1)c1cc(OC(F)(F)F)cc(NS(=O)(=O)c2cc(Br)ccc2O)c1O. The van der Waals surface area contributed by atoms with Gasteiger partial charge in [-0.1, -0.05) is 15.9 Å². The van der Waals surface area contributed by atoms with E-state index >= 15 is 0 Å². The number of ether oxygens (including phenoxy) is 1. The summed E-state index contributed by atoms with van der Waals surface area (Å²) in [5, 5.41) is 22.3. The summed E-state index contributed by atoms with van der Waals surface area (Å²) in [4.78, 5) is 11.7. The molecule has 0 atom stereocenters. The van der Waals surface area contributed by atoms with E-state index in [0.29, 0.717) is 12.1 Å². The van der Waals surface area contributed by atoms with Crippen LogP contribution in [0.4, 0.5) is 27.6 Å². The normalized spacial score (nSPS) is 16.1. The second-order valence-corrected chi connectivity index (χ2v) is 9.63. The quantitative estimate of drug-likeness (QED) is 0.311. The number of halogens is 6. The minimum Gasteiger partial charge on any atom is -0.507 e. The molecule has 1 aliphatic rings. The molecule has 0 aromatic heterocycles. The molecule has 0 aliphatic heterocycles. The van der Waals surface area contributed by atoms with E-state index < -0.39 is 80.5 Å². The molecule has 1 aliphatic carbocycles. The Morgan fingerprint density at radius 2 is 1.79 bits per heavy atom. The fraction of sp³-hybridized carbons (Fsp3) is 0.278. The highest BCUT2D eigenvalue weighted by Gasteiger charge is 2.46. The van der Waals surface area contributed by atoms with Gasteiger partial charge in [0.2, 0.25) is 0 Å². The summed E-state index contributed by atoms with van der Waals surface area (Å²) in [7, 11) is -4.68. The van der Waals surface area contributed by atoms with Gasteiger partial charge in [-0.25, -0.2) is 17.2 Å². The summed E-state index contributed by atoms with van der Waals surface area (Å²) in [6, 6.07) is 3.26. The molecule has 15 heteroatoms. The van der Waals surface area contributed by atoms with E-state index in [1.807, 2.05) is 0 Å². The molecule has 8 nitrogen and oxygen atoms in total. The molecule has 0 spiro atoms. The summed E-state index contributed by atoms with van der Waals surface area (Å²) in [5.41, 5.74) is -1.75. The first-order valence-corrected chi connectivity index (χ1v) is 11.2. The molecule has 1 fully saturated rings. The van der Waals surface area contributed by atoms with E-state index in [-0.39, 0.29) is 4.47 Å².